The average molecular weight is 287 g/mol. The predicted molar refractivity (Wildman–Crippen MR) is 72.7 cm³/mol. The van der Waals surface area contributed by atoms with E-state index in [1.54, 1.807) is 18.2 Å². The van der Waals surface area contributed by atoms with Crippen molar-refractivity contribution in [2.75, 3.05) is 17.2 Å². The van der Waals surface area contributed by atoms with Crippen molar-refractivity contribution in [3.8, 4) is 5.75 Å². The predicted octanol–water partition coefficient (Wildman–Crippen LogP) is 1.80. The lowest BCUT2D eigenvalue weighted by molar-refractivity contribution is -0.118. The van der Waals surface area contributed by atoms with Crippen molar-refractivity contribution in [2.24, 2.45) is 0 Å². The van der Waals surface area contributed by atoms with Gasteiger partial charge in [0.05, 0.1) is 5.69 Å². The number of fused-ring (bicyclic) bond motifs is 1. The Hall–Kier alpha value is -2.96. The summed E-state index contributed by atoms with van der Waals surface area (Å²) < 4.78 is 18.2. The number of carbonyl (C=O) groups is 2. The van der Waals surface area contributed by atoms with Crippen LogP contribution in [0.3, 0.4) is 0 Å². The second-order valence-electron chi connectivity index (χ2n) is 4.37. The van der Waals surface area contributed by atoms with Crippen molar-refractivity contribution in [1.82, 2.24) is 4.98 Å². The molecule has 6 nitrogen and oxygen atoms in total. The Bertz CT molecular complexity index is 733. The van der Waals surface area contributed by atoms with Crippen molar-refractivity contribution in [3.63, 3.8) is 0 Å². The molecule has 0 saturated heterocycles. The van der Waals surface area contributed by atoms with E-state index in [-0.39, 0.29) is 18.1 Å². The lowest BCUT2D eigenvalue weighted by Crippen LogP contribution is -2.25. The van der Waals surface area contributed by atoms with Crippen LogP contribution in [0.1, 0.15) is 10.4 Å². The van der Waals surface area contributed by atoms with Crippen LogP contribution in [0.2, 0.25) is 0 Å². The van der Waals surface area contributed by atoms with Gasteiger partial charge in [0.15, 0.2) is 6.61 Å². The monoisotopic (exact) mass is 287 g/mol. The zero-order chi connectivity index (χ0) is 14.8. The van der Waals surface area contributed by atoms with Gasteiger partial charge in [0.25, 0.3) is 11.8 Å². The summed E-state index contributed by atoms with van der Waals surface area (Å²) in [4.78, 5) is 26.6. The number of hydrogen-bond acceptors (Lipinski definition) is 4. The van der Waals surface area contributed by atoms with Crippen LogP contribution in [0, 0.1) is 5.95 Å². The number of halogens is 1. The van der Waals surface area contributed by atoms with Crippen LogP contribution < -0.4 is 15.4 Å². The van der Waals surface area contributed by atoms with E-state index >= 15 is 0 Å². The molecule has 1 aliphatic rings. The molecule has 106 valence electrons. The Morgan fingerprint density at radius 1 is 1.33 bits per heavy atom. The minimum Gasteiger partial charge on any atom is -0.482 e. The van der Waals surface area contributed by atoms with E-state index in [4.69, 9.17) is 4.74 Å². The highest BCUT2D eigenvalue weighted by Gasteiger charge is 2.16. The van der Waals surface area contributed by atoms with E-state index in [2.05, 4.69) is 15.6 Å². The first-order valence-corrected chi connectivity index (χ1v) is 6.11. The number of amides is 2. The molecule has 3 rings (SSSR count). The molecule has 2 amide bonds. The van der Waals surface area contributed by atoms with Crippen LogP contribution in [0.5, 0.6) is 5.75 Å². The standard InChI is InChI=1S/C14H10FN3O3/c15-12-5-8(3-4-16-12)14(20)17-9-1-2-11-10(6-9)18-13(19)7-21-11/h1-6H,7H2,(H,17,20)(H,18,19). The van der Waals surface area contributed by atoms with Crippen LogP contribution >= 0.6 is 0 Å². The summed E-state index contributed by atoms with van der Waals surface area (Å²) in [6, 6.07) is 7.28. The van der Waals surface area contributed by atoms with E-state index in [9.17, 15) is 14.0 Å². The molecule has 21 heavy (non-hydrogen) atoms. The van der Waals surface area contributed by atoms with Crippen LogP contribution in [0.25, 0.3) is 0 Å². The van der Waals surface area contributed by atoms with E-state index in [0.29, 0.717) is 17.1 Å². The minimum absolute atomic E-state index is 0.0327. The number of rotatable bonds is 2. The van der Waals surface area contributed by atoms with Gasteiger partial charge in [0.2, 0.25) is 5.95 Å². The van der Waals surface area contributed by atoms with E-state index in [1.807, 2.05) is 0 Å². The Morgan fingerprint density at radius 3 is 3.00 bits per heavy atom. The number of aromatic nitrogens is 1. The quantitative estimate of drug-likeness (QED) is 0.825. The number of benzene rings is 1. The maximum Gasteiger partial charge on any atom is 0.262 e. The first kappa shape index (κ1) is 13.0. The molecule has 1 aromatic heterocycles. The van der Waals surface area contributed by atoms with Gasteiger partial charge in [-0.05, 0) is 24.3 Å². The van der Waals surface area contributed by atoms with Crippen molar-refractivity contribution in [3.05, 3.63) is 48.0 Å². The van der Waals surface area contributed by atoms with Crippen molar-refractivity contribution in [1.29, 1.82) is 0 Å². The lowest BCUT2D eigenvalue weighted by atomic mass is 10.2. The molecule has 0 unspecified atom stereocenters. The van der Waals surface area contributed by atoms with Gasteiger partial charge >= 0.3 is 0 Å². The highest BCUT2D eigenvalue weighted by molar-refractivity contribution is 6.05. The van der Waals surface area contributed by atoms with Gasteiger partial charge in [0, 0.05) is 23.5 Å². The number of carbonyl (C=O) groups excluding carboxylic acids is 2. The fourth-order valence-electron chi connectivity index (χ4n) is 1.91. The Balaban J connectivity index is 1.80. The highest BCUT2D eigenvalue weighted by atomic mass is 19.1. The molecule has 1 aliphatic heterocycles. The zero-order valence-electron chi connectivity index (χ0n) is 10.7. The third kappa shape index (κ3) is 2.81. The molecule has 2 heterocycles. The zero-order valence-corrected chi connectivity index (χ0v) is 10.7. The smallest absolute Gasteiger partial charge is 0.262 e. The topological polar surface area (TPSA) is 80.3 Å². The van der Waals surface area contributed by atoms with Crippen LogP contribution in [0.15, 0.2) is 36.5 Å². The Kier molecular flexibility index (Phi) is 3.23. The van der Waals surface area contributed by atoms with Crippen LogP contribution in [-0.4, -0.2) is 23.4 Å². The van der Waals surface area contributed by atoms with Gasteiger partial charge in [-0.2, -0.15) is 4.39 Å². The second kappa shape index (κ2) is 5.20. The van der Waals surface area contributed by atoms with E-state index < -0.39 is 11.9 Å². The Labute approximate surface area is 118 Å². The molecule has 0 atom stereocenters. The number of anilines is 2. The Morgan fingerprint density at radius 2 is 2.19 bits per heavy atom. The third-order valence-electron chi connectivity index (χ3n) is 2.86. The van der Waals surface area contributed by atoms with Gasteiger partial charge in [-0.3, -0.25) is 9.59 Å². The number of nitrogens with zero attached hydrogens (tertiary/aromatic N) is 1. The largest absolute Gasteiger partial charge is 0.482 e. The van der Waals surface area contributed by atoms with Crippen molar-refractivity contribution >= 4 is 23.2 Å². The maximum atomic E-state index is 13.0. The fourth-order valence-corrected chi connectivity index (χ4v) is 1.91. The van der Waals surface area contributed by atoms with Gasteiger partial charge < -0.3 is 15.4 Å². The second-order valence-corrected chi connectivity index (χ2v) is 4.37. The molecule has 0 aliphatic carbocycles. The van der Waals surface area contributed by atoms with Crippen LogP contribution in [0.4, 0.5) is 15.8 Å². The SMILES string of the molecule is O=C1COc2ccc(NC(=O)c3ccnc(F)c3)cc2N1. The summed E-state index contributed by atoms with van der Waals surface area (Å²) in [6.07, 6.45) is 1.21. The first-order valence-electron chi connectivity index (χ1n) is 6.11. The van der Waals surface area contributed by atoms with Crippen LogP contribution in [-0.2, 0) is 4.79 Å². The number of ether oxygens (including phenoxy) is 1. The van der Waals surface area contributed by atoms with Gasteiger partial charge in [-0.1, -0.05) is 0 Å². The molecule has 7 heteroatoms. The van der Waals surface area contributed by atoms with Crippen molar-refractivity contribution < 1.29 is 18.7 Å². The van der Waals surface area contributed by atoms with E-state index in [0.717, 1.165) is 6.07 Å². The lowest BCUT2D eigenvalue weighted by Gasteiger charge is -2.18. The summed E-state index contributed by atoms with van der Waals surface area (Å²) in [5.41, 5.74) is 1.09. The maximum absolute atomic E-state index is 13.0. The molecule has 0 spiro atoms. The number of nitrogens with one attached hydrogen (secondary N) is 2. The molecule has 0 saturated carbocycles. The van der Waals surface area contributed by atoms with E-state index in [1.165, 1.54) is 12.3 Å². The molecular formula is C14H10FN3O3. The summed E-state index contributed by atoms with van der Waals surface area (Å²) in [5.74, 6) is -0.933. The molecular weight excluding hydrogens is 277 g/mol. The molecule has 0 fully saturated rings. The molecule has 1 aromatic carbocycles. The summed E-state index contributed by atoms with van der Waals surface area (Å²) in [7, 11) is 0. The van der Waals surface area contributed by atoms with Gasteiger partial charge in [0.1, 0.15) is 5.75 Å². The van der Waals surface area contributed by atoms with Gasteiger partial charge in [-0.25, -0.2) is 4.98 Å². The third-order valence-corrected chi connectivity index (χ3v) is 2.86. The molecule has 0 radical (unpaired) electrons. The molecule has 2 aromatic rings. The van der Waals surface area contributed by atoms with Gasteiger partial charge in [-0.15, -0.1) is 0 Å². The molecule has 2 N–H and O–H groups in total. The summed E-state index contributed by atoms with van der Waals surface area (Å²) >= 11 is 0. The fraction of sp³-hybridized carbons (Fsp3) is 0.0714. The minimum atomic E-state index is -0.728. The number of hydrogen-bond donors (Lipinski definition) is 2. The highest BCUT2D eigenvalue weighted by Crippen LogP contribution is 2.30. The summed E-state index contributed by atoms with van der Waals surface area (Å²) in [6.45, 7) is -0.0327. The average Bonchev–Trinajstić information content (AvgIpc) is 2.46. The first-order chi connectivity index (χ1) is 10.1. The summed E-state index contributed by atoms with van der Waals surface area (Å²) in [5, 5.41) is 5.25. The normalized spacial score (nSPS) is 12.9. The number of pyridine rings is 1. The van der Waals surface area contributed by atoms with Crippen molar-refractivity contribution in [2.45, 2.75) is 0 Å². The molecule has 0 bridgehead atoms.